The smallest absolute Gasteiger partial charge is 0.320 e. The molecule has 0 spiro atoms. The molecule has 0 radical (unpaired) electrons. The minimum Gasteiger partial charge on any atom is -0.459 e. The Hall–Kier alpha value is -2.32. The van der Waals surface area contributed by atoms with Gasteiger partial charge in [-0.25, -0.2) is 0 Å². The third-order valence-electron chi connectivity index (χ3n) is 6.05. The van der Waals surface area contributed by atoms with Crippen molar-refractivity contribution in [1.82, 2.24) is 24.9 Å². The van der Waals surface area contributed by atoms with Crippen molar-refractivity contribution in [2.45, 2.75) is 79.1 Å². The number of ether oxygens (including phenoxy) is 3. The molecular weight excluding hydrogens is 558 g/mol. The van der Waals surface area contributed by atoms with Gasteiger partial charge in [-0.15, -0.1) is 0 Å². The Morgan fingerprint density at radius 1 is 0.535 bits per heavy atom. The normalized spacial score (nSPS) is 17.8. The quantitative estimate of drug-likeness (QED) is 0.259. The van der Waals surface area contributed by atoms with Gasteiger partial charge in [0.1, 0.15) is 16.8 Å². The summed E-state index contributed by atoms with van der Waals surface area (Å²) >= 11 is 0. The van der Waals surface area contributed by atoms with E-state index >= 15 is 0 Å². The zero-order valence-electron chi connectivity index (χ0n) is 28.0. The van der Waals surface area contributed by atoms with E-state index in [2.05, 4.69) is 5.32 Å². The summed E-state index contributed by atoms with van der Waals surface area (Å²) in [6.45, 7) is 20.5. The number of nitrogens with one attached hydrogen (secondary N) is 1. The van der Waals surface area contributed by atoms with Crippen LogP contribution in [0.2, 0.25) is 0 Å². The zero-order chi connectivity index (χ0) is 32.8. The van der Waals surface area contributed by atoms with E-state index in [1.807, 2.05) is 81.9 Å². The summed E-state index contributed by atoms with van der Waals surface area (Å²) in [6.07, 6.45) is 0. The number of esters is 3. The van der Waals surface area contributed by atoms with Gasteiger partial charge in [0.2, 0.25) is 5.91 Å². The monoisotopic (exact) mass is 615 g/mol. The van der Waals surface area contributed by atoms with Crippen molar-refractivity contribution in [1.29, 1.82) is 0 Å². The average Bonchev–Trinajstić information content (AvgIpc) is 2.80. The number of hydrogen-bond acceptors (Lipinski definition) is 12. The van der Waals surface area contributed by atoms with E-state index in [4.69, 9.17) is 19.3 Å². The number of rotatable bonds is 10. The highest BCUT2D eigenvalue weighted by Gasteiger charge is 2.25. The second kappa shape index (κ2) is 17.8. The van der Waals surface area contributed by atoms with Crippen molar-refractivity contribution < 1.29 is 38.5 Å². The highest BCUT2D eigenvalue weighted by molar-refractivity contribution is 5.78. The van der Waals surface area contributed by atoms with Gasteiger partial charge >= 0.3 is 17.9 Å². The molecule has 13 heteroatoms. The lowest BCUT2D eigenvalue weighted by Crippen LogP contribution is -2.50. The number of carbonyl (C=O) groups is 4. The molecule has 1 aliphatic heterocycles. The van der Waals surface area contributed by atoms with Gasteiger partial charge in [0, 0.05) is 58.9 Å². The lowest BCUT2D eigenvalue weighted by atomic mass is 10.2. The standard InChI is InChI=1S/C30H57N5O8/c1-28(2,3)41-25(38)21-33-13-11-32(20-24(37)31-10-19-36)12-14-34(22-26(39)42-29(4,5)6)16-18-35(17-15-33)23-27(40)43-30(7,8)9/h36H,10-23H2,1-9H3,(H,31,37). The van der Waals surface area contributed by atoms with Crippen LogP contribution in [0.25, 0.3) is 0 Å². The molecule has 43 heavy (non-hydrogen) atoms. The maximum atomic E-state index is 12.8. The van der Waals surface area contributed by atoms with Crippen molar-refractivity contribution >= 4 is 23.8 Å². The first kappa shape index (κ1) is 38.7. The fourth-order valence-electron chi connectivity index (χ4n) is 4.33. The predicted octanol–water partition coefficient (Wildman–Crippen LogP) is 0.342. The van der Waals surface area contributed by atoms with Crippen LogP contribution in [0.15, 0.2) is 0 Å². The Balaban J connectivity index is 3.19. The minimum absolute atomic E-state index is 0.0624. The van der Waals surface area contributed by atoms with Crippen LogP contribution in [0.4, 0.5) is 0 Å². The molecule has 0 atom stereocenters. The SMILES string of the molecule is CC(C)(C)OC(=O)CN1CCN(CC(=O)NCCO)CCN(CC(=O)OC(C)(C)C)CCN(CC(=O)OC(C)(C)C)CC1. The summed E-state index contributed by atoms with van der Waals surface area (Å²) < 4.78 is 16.7. The van der Waals surface area contributed by atoms with Crippen LogP contribution in [0.5, 0.6) is 0 Å². The third kappa shape index (κ3) is 20.3. The van der Waals surface area contributed by atoms with E-state index in [1.54, 1.807) is 0 Å². The largest absolute Gasteiger partial charge is 0.459 e. The molecule has 0 bridgehead atoms. The van der Waals surface area contributed by atoms with Crippen LogP contribution in [-0.4, -0.2) is 157 Å². The first-order valence-electron chi connectivity index (χ1n) is 15.2. The summed E-state index contributed by atoms with van der Waals surface area (Å²) in [5.41, 5.74) is -1.87. The van der Waals surface area contributed by atoms with Crippen molar-refractivity contribution in [2.24, 2.45) is 0 Å². The molecule has 1 amide bonds. The fraction of sp³-hybridized carbons (Fsp3) is 0.867. The van der Waals surface area contributed by atoms with E-state index in [0.717, 1.165) is 0 Å². The summed E-state index contributed by atoms with van der Waals surface area (Å²) in [7, 11) is 0. The van der Waals surface area contributed by atoms with Crippen molar-refractivity contribution in [3.05, 3.63) is 0 Å². The van der Waals surface area contributed by atoms with Crippen molar-refractivity contribution in [2.75, 3.05) is 91.7 Å². The van der Waals surface area contributed by atoms with Crippen LogP contribution < -0.4 is 5.32 Å². The van der Waals surface area contributed by atoms with Gasteiger partial charge in [-0.2, -0.15) is 0 Å². The molecule has 1 aliphatic rings. The van der Waals surface area contributed by atoms with E-state index in [0.29, 0.717) is 52.4 Å². The number of aliphatic hydroxyl groups excluding tert-OH is 1. The van der Waals surface area contributed by atoms with Gasteiger partial charge < -0.3 is 24.6 Å². The van der Waals surface area contributed by atoms with Gasteiger partial charge in [0.25, 0.3) is 0 Å². The maximum Gasteiger partial charge on any atom is 0.320 e. The molecule has 0 saturated carbocycles. The van der Waals surface area contributed by atoms with Gasteiger partial charge in [-0.1, -0.05) is 0 Å². The summed E-state index contributed by atoms with van der Waals surface area (Å²) in [5, 5.41) is 11.8. The van der Waals surface area contributed by atoms with Gasteiger partial charge in [0.15, 0.2) is 0 Å². The Morgan fingerprint density at radius 3 is 1.02 bits per heavy atom. The molecule has 0 aromatic heterocycles. The van der Waals surface area contributed by atoms with Crippen molar-refractivity contribution in [3.8, 4) is 0 Å². The highest BCUT2D eigenvalue weighted by Crippen LogP contribution is 2.11. The first-order valence-corrected chi connectivity index (χ1v) is 15.2. The number of carbonyl (C=O) groups excluding carboxylic acids is 4. The predicted molar refractivity (Wildman–Crippen MR) is 163 cm³/mol. The molecule has 2 N–H and O–H groups in total. The zero-order valence-corrected chi connectivity index (χ0v) is 28.0. The first-order chi connectivity index (χ1) is 19.7. The summed E-state index contributed by atoms with van der Waals surface area (Å²) in [5.74, 6) is -1.28. The summed E-state index contributed by atoms with van der Waals surface area (Å²) in [6, 6.07) is 0. The van der Waals surface area contributed by atoms with E-state index < -0.39 is 16.8 Å². The second-order valence-electron chi connectivity index (χ2n) is 13.9. The molecule has 1 saturated heterocycles. The van der Waals surface area contributed by atoms with Gasteiger partial charge in [-0.3, -0.25) is 38.8 Å². The lowest BCUT2D eigenvalue weighted by molar-refractivity contribution is -0.158. The van der Waals surface area contributed by atoms with E-state index in [-0.39, 0.29) is 63.1 Å². The molecule has 0 aliphatic carbocycles. The summed E-state index contributed by atoms with van der Waals surface area (Å²) in [4.78, 5) is 58.6. The molecule has 0 aromatic rings. The van der Waals surface area contributed by atoms with Crippen molar-refractivity contribution in [3.63, 3.8) is 0 Å². The van der Waals surface area contributed by atoms with Crippen LogP contribution in [0.1, 0.15) is 62.3 Å². The van der Waals surface area contributed by atoms with Crippen LogP contribution in [0, 0.1) is 0 Å². The maximum absolute atomic E-state index is 12.8. The number of nitrogens with zero attached hydrogens (tertiary/aromatic N) is 4. The number of amides is 1. The average molecular weight is 616 g/mol. The Bertz CT molecular complexity index is 848. The third-order valence-corrected chi connectivity index (χ3v) is 6.05. The Labute approximate surface area is 258 Å². The fourth-order valence-corrected chi connectivity index (χ4v) is 4.33. The van der Waals surface area contributed by atoms with Gasteiger partial charge in [0.05, 0.1) is 32.8 Å². The molecule has 1 rings (SSSR count). The lowest BCUT2D eigenvalue weighted by Gasteiger charge is -2.34. The van der Waals surface area contributed by atoms with Crippen LogP contribution in [0.3, 0.4) is 0 Å². The molecule has 0 aromatic carbocycles. The van der Waals surface area contributed by atoms with E-state index in [1.165, 1.54) is 0 Å². The minimum atomic E-state index is -0.624. The molecule has 0 unspecified atom stereocenters. The molecule has 13 nitrogen and oxygen atoms in total. The van der Waals surface area contributed by atoms with E-state index in [9.17, 15) is 19.2 Å². The molecule has 1 fully saturated rings. The number of hydrogen-bond donors (Lipinski definition) is 2. The molecular formula is C30H57N5O8. The molecule has 250 valence electrons. The second-order valence-corrected chi connectivity index (χ2v) is 13.9. The van der Waals surface area contributed by atoms with Gasteiger partial charge in [-0.05, 0) is 62.3 Å². The topological polar surface area (TPSA) is 141 Å². The van der Waals surface area contributed by atoms with Crippen LogP contribution >= 0.6 is 0 Å². The number of aliphatic hydroxyl groups is 1. The molecule has 1 heterocycles. The van der Waals surface area contributed by atoms with Crippen LogP contribution in [-0.2, 0) is 33.4 Å². The Kier molecular flexibility index (Phi) is 16.1. The highest BCUT2D eigenvalue weighted by atomic mass is 16.6. The Morgan fingerprint density at radius 2 is 0.791 bits per heavy atom.